The van der Waals surface area contributed by atoms with Crippen molar-refractivity contribution in [2.24, 2.45) is 5.41 Å². The Morgan fingerprint density at radius 1 is 1.33 bits per heavy atom. The second-order valence-electron chi connectivity index (χ2n) is 7.00. The molecule has 0 spiro atoms. The van der Waals surface area contributed by atoms with E-state index in [2.05, 4.69) is 57.0 Å². The molecule has 21 heavy (non-hydrogen) atoms. The normalized spacial score (nSPS) is 21.6. The predicted octanol–water partition coefficient (Wildman–Crippen LogP) is 4.28. The molecule has 1 N–H and O–H groups in total. The summed E-state index contributed by atoms with van der Waals surface area (Å²) in [7, 11) is 0. The molecule has 0 saturated carbocycles. The number of nitrogens with zero attached hydrogens (tertiary/aromatic N) is 1. The monoisotopic (exact) mass is 308 g/mol. The lowest BCUT2D eigenvalue weighted by Crippen LogP contribution is -2.43. The molecule has 1 aromatic rings. The van der Waals surface area contributed by atoms with E-state index < -0.39 is 0 Å². The molecule has 0 radical (unpaired) electrons. The first-order chi connectivity index (χ1) is 9.87. The lowest BCUT2D eigenvalue weighted by Gasteiger charge is -2.33. The van der Waals surface area contributed by atoms with Crippen LogP contribution in [0, 0.1) is 5.41 Å². The Morgan fingerprint density at radius 2 is 2.00 bits per heavy atom. The molecule has 0 aromatic heterocycles. The van der Waals surface area contributed by atoms with Crippen molar-refractivity contribution >= 4 is 11.6 Å². The summed E-state index contributed by atoms with van der Waals surface area (Å²) in [5.41, 5.74) is 3.07. The average Bonchev–Trinajstić information content (AvgIpc) is 2.67. The Labute approximate surface area is 134 Å². The molecule has 0 heterocycles. The molecule has 0 fully saturated rings. The van der Waals surface area contributed by atoms with Gasteiger partial charge in [0.25, 0.3) is 0 Å². The smallest absolute Gasteiger partial charge is 0.0409 e. The van der Waals surface area contributed by atoms with Gasteiger partial charge in [-0.05, 0) is 55.1 Å². The van der Waals surface area contributed by atoms with Crippen molar-refractivity contribution in [2.75, 3.05) is 19.6 Å². The third-order valence-electron chi connectivity index (χ3n) is 4.72. The quantitative estimate of drug-likeness (QED) is 0.843. The molecule has 2 atom stereocenters. The Hall–Kier alpha value is -0.570. The van der Waals surface area contributed by atoms with E-state index in [0.29, 0.717) is 12.1 Å². The lowest BCUT2D eigenvalue weighted by atomic mass is 9.85. The summed E-state index contributed by atoms with van der Waals surface area (Å²) in [5.74, 6) is 0. The minimum atomic E-state index is 0.241. The largest absolute Gasteiger partial charge is 0.306 e. The van der Waals surface area contributed by atoms with Crippen molar-refractivity contribution in [3.8, 4) is 0 Å². The summed E-state index contributed by atoms with van der Waals surface area (Å²) >= 11 is 6.21. The maximum atomic E-state index is 6.21. The van der Waals surface area contributed by atoms with Crippen molar-refractivity contribution < 1.29 is 0 Å². The van der Waals surface area contributed by atoms with Crippen LogP contribution in [0.4, 0.5) is 0 Å². The Morgan fingerprint density at radius 3 is 2.62 bits per heavy atom. The molecule has 0 bridgehead atoms. The van der Waals surface area contributed by atoms with Crippen molar-refractivity contribution in [2.45, 2.75) is 53.1 Å². The fraction of sp³-hybridized carbons (Fsp3) is 0.667. The highest BCUT2D eigenvalue weighted by molar-refractivity contribution is 6.30. The van der Waals surface area contributed by atoms with Gasteiger partial charge in [0.1, 0.15) is 0 Å². The first-order valence-corrected chi connectivity index (χ1v) is 8.52. The van der Waals surface area contributed by atoms with Gasteiger partial charge in [-0.2, -0.15) is 0 Å². The van der Waals surface area contributed by atoms with Gasteiger partial charge in [-0.25, -0.2) is 0 Å². The molecule has 118 valence electrons. The first kappa shape index (κ1) is 16.8. The van der Waals surface area contributed by atoms with E-state index >= 15 is 0 Å². The maximum Gasteiger partial charge on any atom is 0.0409 e. The number of hydrogen-bond donors (Lipinski definition) is 1. The summed E-state index contributed by atoms with van der Waals surface area (Å²) in [5, 5.41) is 4.69. The molecule has 1 aliphatic carbocycles. The van der Waals surface area contributed by atoms with Crippen LogP contribution in [-0.4, -0.2) is 30.6 Å². The standard InChI is InChI=1S/C18H29ClN2/c1-6-21(7-2)12-13(3)20-17-16-10-15(19)9-8-14(16)11-18(17,4)5/h8-10,13,17,20H,6-7,11-12H2,1-5H3. The summed E-state index contributed by atoms with van der Waals surface area (Å²) in [6.07, 6.45) is 1.12. The highest BCUT2D eigenvalue weighted by Crippen LogP contribution is 2.46. The van der Waals surface area contributed by atoms with Crippen molar-refractivity contribution in [1.82, 2.24) is 10.2 Å². The number of hydrogen-bond acceptors (Lipinski definition) is 2. The van der Waals surface area contributed by atoms with E-state index in [1.165, 1.54) is 11.1 Å². The van der Waals surface area contributed by atoms with E-state index in [4.69, 9.17) is 11.6 Å². The van der Waals surface area contributed by atoms with Crippen LogP contribution in [-0.2, 0) is 6.42 Å². The Kier molecular flexibility index (Phi) is 5.34. The van der Waals surface area contributed by atoms with Gasteiger partial charge in [0.15, 0.2) is 0 Å². The molecule has 3 heteroatoms. The van der Waals surface area contributed by atoms with Crippen LogP contribution < -0.4 is 5.32 Å². The third-order valence-corrected chi connectivity index (χ3v) is 4.96. The van der Waals surface area contributed by atoms with Crippen molar-refractivity contribution in [3.05, 3.63) is 34.3 Å². The molecule has 1 aromatic carbocycles. The molecule has 2 rings (SSSR count). The summed E-state index contributed by atoms with van der Waals surface area (Å²) < 4.78 is 0. The van der Waals surface area contributed by atoms with Gasteiger partial charge in [-0.1, -0.05) is 45.4 Å². The molecule has 0 amide bonds. The molecule has 0 saturated heterocycles. The SMILES string of the molecule is CCN(CC)CC(C)NC1c2cc(Cl)ccc2CC1(C)C. The van der Waals surface area contributed by atoms with E-state index in [1.807, 2.05) is 6.07 Å². The number of halogens is 1. The zero-order valence-corrected chi connectivity index (χ0v) is 14.8. The highest BCUT2D eigenvalue weighted by atomic mass is 35.5. The van der Waals surface area contributed by atoms with Gasteiger partial charge >= 0.3 is 0 Å². The second-order valence-corrected chi connectivity index (χ2v) is 7.43. The van der Waals surface area contributed by atoms with Crippen LogP contribution in [0.1, 0.15) is 51.8 Å². The van der Waals surface area contributed by atoms with Crippen LogP contribution >= 0.6 is 11.6 Å². The summed E-state index contributed by atoms with van der Waals surface area (Å²) in [4.78, 5) is 2.47. The Balaban J connectivity index is 2.13. The number of fused-ring (bicyclic) bond motifs is 1. The van der Waals surface area contributed by atoms with Crippen LogP contribution in [0.15, 0.2) is 18.2 Å². The lowest BCUT2D eigenvalue weighted by molar-refractivity contribution is 0.213. The molecule has 2 nitrogen and oxygen atoms in total. The van der Waals surface area contributed by atoms with E-state index in [1.54, 1.807) is 0 Å². The maximum absolute atomic E-state index is 6.21. The number of rotatable bonds is 6. The second kappa shape index (κ2) is 6.68. The van der Waals surface area contributed by atoms with Crippen LogP contribution in [0.25, 0.3) is 0 Å². The molecule has 1 aliphatic rings. The fourth-order valence-electron chi connectivity index (χ4n) is 3.53. The number of benzene rings is 1. The van der Waals surface area contributed by atoms with Gasteiger partial charge < -0.3 is 10.2 Å². The highest BCUT2D eigenvalue weighted by Gasteiger charge is 2.39. The van der Waals surface area contributed by atoms with Gasteiger partial charge in [0.05, 0.1) is 0 Å². The van der Waals surface area contributed by atoms with E-state index in [9.17, 15) is 0 Å². The minimum Gasteiger partial charge on any atom is -0.306 e. The van der Waals surface area contributed by atoms with Gasteiger partial charge in [-0.15, -0.1) is 0 Å². The molecular formula is C18H29ClN2. The first-order valence-electron chi connectivity index (χ1n) is 8.14. The molecule has 0 aliphatic heterocycles. The van der Waals surface area contributed by atoms with Crippen molar-refractivity contribution in [1.29, 1.82) is 0 Å². The molecular weight excluding hydrogens is 280 g/mol. The Bertz CT molecular complexity index is 480. The third kappa shape index (κ3) is 3.80. The summed E-state index contributed by atoms with van der Waals surface area (Å²) in [6.45, 7) is 14.8. The van der Waals surface area contributed by atoms with Crippen LogP contribution in [0.5, 0.6) is 0 Å². The zero-order chi connectivity index (χ0) is 15.6. The van der Waals surface area contributed by atoms with E-state index in [-0.39, 0.29) is 5.41 Å². The number of likely N-dealkylation sites (N-methyl/N-ethyl adjacent to an activating group) is 1. The minimum absolute atomic E-state index is 0.241. The van der Waals surface area contributed by atoms with Crippen LogP contribution in [0.2, 0.25) is 5.02 Å². The van der Waals surface area contributed by atoms with Crippen LogP contribution in [0.3, 0.4) is 0 Å². The van der Waals surface area contributed by atoms with Gasteiger partial charge in [0, 0.05) is 23.7 Å². The van der Waals surface area contributed by atoms with Gasteiger partial charge in [-0.3, -0.25) is 0 Å². The fourth-order valence-corrected chi connectivity index (χ4v) is 3.71. The summed E-state index contributed by atoms with van der Waals surface area (Å²) in [6, 6.07) is 7.21. The number of nitrogens with one attached hydrogen (secondary N) is 1. The molecule has 2 unspecified atom stereocenters. The zero-order valence-electron chi connectivity index (χ0n) is 14.0. The van der Waals surface area contributed by atoms with Gasteiger partial charge in [0.2, 0.25) is 0 Å². The average molecular weight is 309 g/mol. The topological polar surface area (TPSA) is 15.3 Å². The van der Waals surface area contributed by atoms with Crippen molar-refractivity contribution in [3.63, 3.8) is 0 Å². The predicted molar refractivity (Wildman–Crippen MR) is 92.1 cm³/mol. The van der Waals surface area contributed by atoms with E-state index in [0.717, 1.165) is 31.1 Å².